The molecular formula is C14H22N2O3S. The first-order chi connectivity index (χ1) is 9.69. The zero-order valence-electron chi connectivity index (χ0n) is 12.0. The monoisotopic (exact) mass is 298 g/mol. The second-order valence-corrected chi connectivity index (χ2v) is 5.71. The topological polar surface area (TPSA) is 56.9 Å². The largest absolute Gasteiger partial charge is 0.445 e. The highest BCUT2D eigenvalue weighted by molar-refractivity contribution is 7.98. The number of rotatable bonds is 5. The van der Waals surface area contributed by atoms with Gasteiger partial charge in [-0.25, -0.2) is 0 Å². The molecule has 0 aliphatic carbocycles. The molecule has 112 valence electrons. The Balaban J connectivity index is 1.91. The van der Waals surface area contributed by atoms with Crippen molar-refractivity contribution < 1.29 is 14.3 Å². The molecule has 0 saturated carbocycles. The second-order valence-electron chi connectivity index (χ2n) is 4.90. The van der Waals surface area contributed by atoms with Gasteiger partial charge in [0.25, 0.3) is 5.91 Å². The lowest BCUT2D eigenvalue weighted by molar-refractivity contribution is 0.0446. The number of hydrogen-bond donors (Lipinski definition) is 1. The van der Waals surface area contributed by atoms with Gasteiger partial charge in [0.2, 0.25) is 0 Å². The molecule has 5 nitrogen and oxygen atoms in total. The van der Waals surface area contributed by atoms with Crippen molar-refractivity contribution >= 4 is 17.7 Å². The maximum atomic E-state index is 12.3. The summed E-state index contributed by atoms with van der Waals surface area (Å²) in [5.74, 6) is 0.374. The van der Waals surface area contributed by atoms with Crippen LogP contribution < -0.4 is 0 Å². The molecule has 6 heteroatoms. The summed E-state index contributed by atoms with van der Waals surface area (Å²) in [6.07, 6.45) is 2.85. The molecule has 2 rings (SSSR count). The summed E-state index contributed by atoms with van der Waals surface area (Å²) < 4.78 is 5.48. The Kier molecular flexibility index (Phi) is 5.51. The van der Waals surface area contributed by atoms with Crippen molar-refractivity contribution in [3.05, 3.63) is 17.9 Å². The molecule has 0 radical (unpaired) electrons. The predicted molar refractivity (Wildman–Crippen MR) is 79.1 cm³/mol. The summed E-state index contributed by atoms with van der Waals surface area (Å²) in [7, 11) is 0. The van der Waals surface area contributed by atoms with E-state index in [2.05, 4.69) is 11.8 Å². The van der Waals surface area contributed by atoms with Gasteiger partial charge in [0.15, 0.2) is 10.9 Å². The van der Waals surface area contributed by atoms with Crippen molar-refractivity contribution in [2.75, 3.05) is 39.0 Å². The van der Waals surface area contributed by atoms with Crippen molar-refractivity contribution in [3.63, 3.8) is 0 Å². The molecule has 1 unspecified atom stereocenters. The molecule has 0 aromatic carbocycles. The van der Waals surface area contributed by atoms with E-state index in [0.29, 0.717) is 18.8 Å². The van der Waals surface area contributed by atoms with Crippen LogP contribution in [0.1, 0.15) is 23.9 Å². The molecule has 1 aliphatic rings. The van der Waals surface area contributed by atoms with Gasteiger partial charge >= 0.3 is 0 Å². The number of thioether (sulfide) groups is 1. The Morgan fingerprint density at radius 3 is 2.60 bits per heavy atom. The number of amides is 1. The molecule has 1 N–H and O–H groups in total. The molecule has 0 spiro atoms. The van der Waals surface area contributed by atoms with Crippen LogP contribution in [0.15, 0.2) is 21.6 Å². The van der Waals surface area contributed by atoms with E-state index in [9.17, 15) is 9.90 Å². The van der Waals surface area contributed by atoms with Gasteiger partial charge < -0.3 is 14.4 Å². The maximum absolute atomic E-state index is 12.3. The van der Waals surface area contributed by atoms with Crippen molar-refractivity contribution in [2.24, 2.45) is 0 Å². The van der Waals surface area contributed by atoms with E-state index in [0.717, 1.165) is 24.6 Å². The molecule has 1 aromatic heterocycles. The first-order valence-electron chi connectivity index (χ1n) is 6.97. The zero-order chi connectivity index (χ0) is 14.5. The third kappa shape index (κ3) is 3.37. The van der Waals surface area contributed by atoms with E-state index in [1.807, 2.05) is 17.2 Å². The lowest BCUT2D eigenvalue weighted by Crippen LogP contribution is -2.52. The van der Waals surface area contributed by atoms with E-state index in [4.69, 9.17) is 4.42 Å². The normalized spacial score (nSPS) is 18.2. The van der Waals surface area contributed by atoms with Crippen LogP contribution in [-0.4, -0.2) is 65.9 Å². The van der Waals surface area contributed by atoms with E-state index in [-0.39, 0.29) is 18.6 Å². The van der Waals surface area contributed by atoms with Crippen LogP contribution in [0.25, 0.3) is 0 Å². The highest BCUT2D eigenvalue weighted by Gasteiger charge is 2.26. The Morgan fingerprint density at radius 1 is 1.40 bits per heavy atom. The minimum Gasteiger partial charge on any atom is -0.445 e. The first kappa shape index (κ1) is 15.4. The number of nitrogens with zero attached hydrogens (tertiary/aromatic N) is 2. The molecule has 2 heterocycles. The summed E-state index contributed by atoms with van der Waals surface area (Å²) in [4.78, 5) is 16.4. The number of furan rings is 1. The summed E-state index contributed by atoms with van der Waals surface area (Å²) in [6, 6.07) is 3.77. The van der Waals surface area contributed by atoms with Crippen molar-refractivity contribution in [1.29, 1.82) is 0 Å². The van der Waals surface area contributed by atoms with Crippen LogP contribution in [-0.2, 0) is 0 Å². The van der Waals surface area contributed by atoms with Crippen LogP contribution in [0.5, 0.6) is 0 Å². The minimum absolute atomic E-state index is 0.0398. The predicted octanol–water partition coefficient (Wildman–Crippen LogP) is 1.53. The Labute approximate surface area is 123 Å². The fourth-order valence-electron chi connectivity index (χ4n) is 2.49. The van der Waals surface area contributed by atoms with Crippen molar-refractivity contribution in [2.45, 2.75) is 24.5 Å². The van der Waals surface area contributed by atoms with Crippen LogP contribution in [0, 0.1) is 0 Å². The highest BCUT2D eigenvalue weighted by Crippen LogP contribution is 2.20. The summed E-state index contributed by atoms with van der Waals surface area (Å²) >= 11 is 1.49. The van der Waals surface area contributed by atoms with Crippen molar-refractivity contribution in [3.8, 4) is 0 Å². The Morgan fingerprint density at radius 2 is 2.10 bits per heavy atom. The molecule has 1 amide bonds. The van der Waals surface area contributed by atoms with E-state index in [1.54, 1.807) is 6.07 Å². The SMILES string of the molecule is CCC(CO)N1CCN(C(=O)c2ccc(SC)o2)CC1. The van der Waals surface area contributed by atoms with Gasteiger partial charge in [0, 0.05) is 32.2 Å². The average molecular weight is 298 g/mol. The van der Waals surface area contributed by atoms with Gasteiger partial charge in [-0.05, 0) is 24.8 Å². The smallest absolute Gasteiger partial charge is 0.289 e. The minimum atomic E-state index is -0.0398. The van der Waals surface area contributed by atoms with Crippen molar-refractivity contribution in [1.82, 2.24) is 9.80 Å². The Bertz CT molecular complexity index is 437. The summed E-state index contributed by atoms with van der Waals surface area (Å²) in [5.41, 5.74) is 0. The van der Waals surface area contributed by atoms with Gasteiger partial charge in [-0.15, -0.1) is 0 Å². The quantitative estimate of drug-likeness (QED) is 0.836. The molecule has 1 aliphatic heterocycles. The number of carbonyl (C=O) groups excluding carboxylic acids is 1. The third-order valence-corrected chi connectivity index (χ3v) is 4.41. The number of aliphatic hydroxyl groups excluding tert-OH is 1. The van der Waals surface area contributed by atoms with E-state index >= 15 is 0 Å². The van der Waals surface area contributed by atoms with Gasteiger partial charge in [-0.1, -0.05) is 18.7 Å². The number of hydrogen-bond acceptors (Lipinski definition) is 5. The van der Waals surface area contributed by atoms with Crippen LogP contribution in [0.2, 0.25) is 0 Å². The first-order valence-corrected chi connectivity index (χ1v) is 8.20. The molecule has 1 saturated heterocycles. The second kappa shape index (κ2) is 7.15. The summed E-state index contributed by atoms with van der Waals surface area (Å²) in [5, 5.41) is 10.1. The maximum Gasteiger partial charge on any atom is 0.289 e. The van der Waals surface area contributed by atoms with Gasteiger partial charge in [0.05, 0.1) is 6.61 Å². The fraction of sp³-hybridized carbons (Fsp3) is 0.643. The van der Waals surface area contributed by atoms with E-state index < -0.39 is 0 Å². The average Bonchev–Trinajstić information content (AvgIpc) is 2.97. The Hall–Kier alpha value is -0.980. The standard InChI is InChI=1S/C14H22N2O3S/c1-3-11(10-17)15-6-8-16(9-7-15)14(18)12-4-5-13(19-12)20-2/h4-5,11,17H,3,6-10H2,1-2H3. The van der Waals surface area contributed by atoms with Crippen LogP contribution in [0.4, 0.5) is 0 Å². The lowest BCUT2D eigenvalue weighted by atomic mass is 10.1. The molecule has 20 heavy (non-hydrogen) atoms. The van der Waals surface area contributed by atoms with Gasteiger partial charge in [-0.3, -0.25) is 9.69 Å². The van der Waals surface area contributed by atoms with Crippen LogP contribution in [0.3, 0.4) is 0 Å². The highest BCUT2D eigenvalue weighted by atomic mass is 32.2. The van der Waals surface area contributed by atoms with E-state index in [1.165, 1.54) is 11.8 Å². The number of aliphatic hydroxyl groups is 1. The molecule has 1 fully saturated rings. The fourth-order valence-corrected chi connectivity index (χ4v) is 2.87. The molecular weight excluding hydrogens is 276 g/mol. The number of carbonyl (C=O) groups is 1. The number of piperazine rings is 1. The lowest BCUT2D eigenvalue weighted by Gasteiger charge is -2.38. The van der Waals surface area contributed by atoms with Gasteiger partial charge in [0.1, 0.15) is 0 Å². The van der Waals surface area contributed by atoms with Crippen LogP contribution >= 0.6 is 11.8 Å². The molecule has 0 bridgehead atoms. The summed E-state index contributed by atoms with van der Waals surface area (Å²) in [6.45, 7) is 5.24. The van der Waals surface area contributed by atoms with Gasteiger partial charge in [-0.2, -0.15) is 0 Å². The zero-order valence-corrected chi connectivity index (χ0v) is 12.9. The molecule has 1 aromatic rings. The third-order valence-electron chi connectivity index (χ3n) is 3.79. The molecule has 1 atom stereocenters.